The molecule has 1 aromatic rings. The summed E-state index contributed by atoms with van der Waals surface area (Å²) in [6.45, 7) is 3.02. The lowest BCUT2D eigenvalue weighted by atomic mass is 10.1. The summed E-state index contributed by atoms with van der Waals surface area (Å²) in [5.74, 6) is -2.44. The minimum absolute atomic E-state index is 0.0866. The molecule has 6 N–H and O–H groups in total. The Morgan fingerprint density at radius 3 is 1.71 bits per heavy atom. The smallest absolute Gasteiger partial charge is 0.317 e. The largest absolute Gasteiger partial charge is 0.480 e. The first-order chi connectivity index (χ1) is 16.7. The van der Waals surface area contributed by atoms with Crippen molar-refractivity contribution in [3.63, 3.8) is 0 Å². The van der Waals surface area contributed by atoms with Gasteiger partial charge in [-0.05, 0) is 12.0 Å². The summed E-state index contributed by atoms with van der Waals surface area (Å²) in [6.07, 6.45) is 0.422. The molecule has 1 heterocycles. The monoisotopic (exact) mass is 492 g/mol. The van der Waals surface area contributed by atoms with E-state index in [1.165, 1.54) is 0 Å². The molecule has 1 aliphatic heterocycles. The van der Waals surface area contributed by atoms with Crippen molar-refractivity contribution in [1.29, 1.82) is 0 Å². The summed E-state index contributed by atoms with van der Waals surface area (Å²) >= 11 is 0. The van der Waals surface area contributed by atoms with E-state index in [4.69, 9.17) is 15.9 Å². The van der Waals surface area contributed by atoms with Crippen LogP contribution >= 0.6 is 0 Å². The normalized spacial score (nSPS) is 16.9. The van der Waals surface area contributed by atoms with Gasteiger partial charge >= 0.3 is 11.9 Å². The Hall–Kier alpha value is -3.06. The molecule has 1 aliphatic rings. The topological polar surface area (TPSA) is 169 Å². The number of amides is 2. The van der Waals surface area contributed by atoms with Gasteiger partial charge in [0, 0.05) is 52.4 Å². The number of aliphatic carboxylic acids is 2. The number of hydrogen-bond donors (Lipinski definition) is 5. The number of benzene rings is 1. The number of carboxylic acids is 2. The predicted molar refractivity (Wildman–Crippen MR) is 129 cm³/mol. The maximum Gasteiger partial charge on any atom is 0.317 e. The molecule has 0 saturated carbocycles. The van der Waals surface area contributed by atoms with Crippen LogP contribution in [0.2, 0.25) is 0 Å². The van der Waals surface area contributed by atoms with Crippen LogP contribution < -0.4 is 16.4 Å². The third-order valence-corrected chi connectivity index (χ3v) is 5.66. The van der Waals surface area contributed by atoms with Crippen molar-refractivity contribution in [2.24, 2.45) is 5.73 Å². The van der Waals surface area contributed by atoms with E-state index >= 15 is 0 Å². The highest BCUT2D eigenvalue weighted by Gasteiger charge is 2.20. The van der Waals surface area contributed by atoms with Crippen molar-refractivity contribution in [1.82, 2.24) is 25.3 Å². The van der Waals surface area contributed by atoms with Crippen LogP contribution in [0, 0.1) is 0 Å². The van der Waals surface area contributed by atoms with Crippen LogP contribution in [0.25, 0.3) is 0 Å². The predicted octanol–water partition coefficient (Wildman–Crippen LogP) is -2.12. The Bertz CT molecular complexity index is 811. The quantitative estimate of drug-likeness (QED) is 0.203. The first-order valence-electron chi connectivity index (χ1n) is 11.7. The third kappa shape index (κ3) is 11.8. The molecule has 0 aliphatic carbocycles. The lowest BCUT2D eigenvalue weighted by Crippen LogP contribution is -2.46. The molecule has 1 atom stereocenters. The lowest BCUT2D eigenvalue weighted by Gasteiger charge is -2.24. The van der Waals surface area contributed by atoms with Crippen molar-refractivity contribution in [3.8, 4) is 0 Å². The van der Waals surface area contributed by atoms with Gasteiger partial charge in [0.2, 0.25) is 11.8 Å². The number of nitrogens with two attached hydrogens (primary N) is 1. The standard InChI is InChI=1S/C23H36N6O6/c24-19(14-18-4-2-1-3-5-18)23(35)26-7-6-25-20(30)15-27-8-10-28(16-21(31)32)12-13-29(11-9-27)17-22(33)34/h1-5,19H,6-17,24H2,(H,25,30)(H,26,35)(H,31,32)(H,33,34). The first kappa shape index (κ1) is 28.2. The van der Waals surface area contributed by atoms with Gasteiger partial charge in [-0.25, -0.2) is 0 Å². The fourth-order valence-corrected chi connectivity index (χ4v) is 3.78. The van der Waals surface area contributed by atoms with Gasteiger partial charge in [0.05, 0.1) is 25.7 Å². The minimum Gasteiger partial charge on any atom is -0.480 e. The zero-order chi connectivity index (χ0) is 25.6. The lowest BCUT2D eigenvalue weighted by molar-refractivity contribution is -0.140. The maximum absolute atomic E-state index is 12.4. The zero-order valence-corrected chi connectivity index (χ0v) is 19.9. The van der Waals surface area contributed by atoms with Crippen LogP contribution in [0.15, 0.2) is 30.3 Å². The Morgan fingerprint density at radius 1 is 0.771 bits per heavy atom. The number of nitrogens with one attached hydrogen (secondary N) is 2. The van der Waals surface area contributed by atoms with Crippen LogP contribution in [0.4, 0.5) is 0 Å². The number of carbonyl (C=O) groups excluding carboxylic acids is 2. The number of carbonyl (C=O) groups is 4. The molecule has 2 rings (SSSR count). The molecule has 1 unspecified atom stereocenters. The number of nitrogens with zero attached hydrogens (tertiary/aromatic N) is 3. The van der Waals surface area contributed by atoms with E-state index in [0.29, 0.717) is 45.7 Å². The number of hydrogen-bond acceptors (Lipinski definition) is 8. The van der Waals surface area contributed by atoms with Gasteiger partial charge in [-0.1, -0.05) is 30.3 Å². The van der Waals surface area contributed by atoms with Crippen molar-refractivity contribution in [3.05, 3.63) is 35.9 Å². The van der Waals surface area contributed by atoms with Gasteiger partial charge in [0.1, 0.15) is 0 Å². The summed E-state index contributed by atoms with van der Waals surface area (Å²) in [5, 5.41) is 23.7. The second-order valence-electron chi connectivity index (χ2n) is 8.55. The van der Waals surface area contributed by atoms with Crippen LogP contribution in [-0.2, 0) is 25.6 Å². The Labute approximate surface area is 205 Å². The average Bonchev–Trinajstić information content (AvgIpc) is 2.88. The molecule has 0 bridgehead atoms. The van der Waals surface area contributed by atoms with Crippen molar-refractivity contribution in [2.45, 2.75) is 12.5 Å². The van der Waals surface area contributed by atoms with Crippen LogP contribution in [0.1, 0.15) is 5.56 Å². The molecular formula is C23H36N6O6. The molecule has 35 heavy (non-hydrogen) atoms. The van der Waals surface area contributed by atoms with E-state index in [1.54, 1.807) is 9.80 Å². The fourth-order valence-electron chi connectivity index (χ4n) is 3.78. The van der Waals surface area contributed by atoms with Gasteiger partial charge in [-0.3, -0.25) is 33.9 Å². The van der Waals surface area contributed by atoms with Gasteiger partial charge < -0.3 is 26.6 Å². The molecule has 194 valence electrons. The van der Waals surface area contributed by atoms with E-state index < -0.39 is 18.0 Å². The first-order valence-corrected chi connectivity index (χ1v) is 11.7. The molecule has 1 saturated heterocycles. The van der Waals surface area contributed by atoms with E-state index in [9.17, 15) is 19.2 Å². The van der Waals surface area contributed by atoms with Crippen LogP contribution in [-0.4, -0.2) is 127 Å². The van der Waals surface area contributed by atoms with Gasteiger partial charge in [0.25, 0.3) is 0 Å². The summed E-state index contributed by atoms with van der Waals surface area (Å²) in [4.78, 5) is 52.2. The second kappa shape index (κ2) is 15.0. The van der Waals surface area contributed by atoms with E-state index in [-0.39, 0.29) is 44.5 Å². The van der Waals surface area contributed by atoms with Gasteiger partial charge in [0.15, 0.2) is 0 Å². The molecule has 0 radical (unpaired) electrons. The third-order valence-electron chi connectivity index (χ3n) is 5.66. The van der Waals surface area contributed by atoms with E-state index in [1.807, 2.05) is 35.2 Å². The fraction of sp³-hybridized carbons (Fsp3) is 0.565. The summed E-state index contributed by atoms with van der Waals surface area (Å²) in [7, 11) is 0. The zero-order valence-electron chi connectivity index (χ0n) is 19.9. The molecule has 12 heteroatoms. The van der Waals surface area contributed by atoms with E-state index in [2.05, 4.69) is 10.6 Å². The molecule has 1 aromatic carbocycles. The summed E-state index contributed by atoms with van der Waals surface area (Å²) in [6, 6.07) is 8.79. The highest BCUT2D eigenvalue weighted by molar-refractivity contribution is 5.82. The molecule has 12 nitrogen and oxygen atoms in total. The molecule has 0 aromatic heterocycles. The number of carboxylic acid groups (broad SMARTS) is 2. The molecular weight excluding hydrogens is 456 g/mol. The Balaban J connectivity index is 1.75. The Kier molecular flexibility index (Phi) is 12.1. The van der Waals surface area contributed by atoms with Crippen molar-refractivity contribution >= 4 is 23.8 Å². The molecule has 0 spiro atoms. The minimum atomic E-state index is -0.955. The van der Waals surface area contributed by atoms with Crippen molar-refractivity contribution in [2.75, 3.05) is 72.0 Å². The average molecular weight is 493 g/mol. The highest BCUT2D eigenvalue weighted by Crippen LogP contribution is 2.02. The van der Waals surface area contributed by atoms with Crippen LogP contribution in [0.3, 0.4) is 0 Å². The second-order valence-corrected chi connectivity index (χ2v) is 8.55. The SMILES string of the molecule is NC(Cc1ccccc1)C(=O)NCCNC(=O)CN1CCN(CC(=O)O)CCN(CC(=O)O)CC1. The summed E-state index contributed by atoms with van der Waals surface area (Å²) in [5.41, 5.74) is 6.92. The van der Waals surface area contributed by atoms with Crippen LogP contribution in [0.5, 0.6) is 0 Å². The maximum atomic E-state index is 12.4. The van der Waals surface area contributed by atoms with E-state index in [0.717, 1.165) is 5.56 Å². The van der Waals surface area contributed by atoms with Gasteiger partial charge in [-0.2, -0.15) is 0 Å². The Morgan fingerprint density at radius 2 is 1.23 bits per heavy atom. The molecule has 1 fully saturated rings. The van der Waals surface area contributed by atoms with Crippen molar-refractivity contribution < 1.29 is 29.4 Å². The number of rotatable bonds is 12. The van der Waals surface area contributed by atoms with Gasteiger partial charge in [-0.15, -0.1) is 0 Å². The highest BCUT2D eigenvalue weighted by atomic mass is 16.4. The summed E-state index contributed by atoms with van der Waals surface area (Å²) < 4.78 is 0. The molecule has 2 amide bonds.